The molecule has 1 amide bonds. The number of fused-ring (bicyclic) bond motifs is 2. The molecule has 0 spiro atoms. The molecule has 5 heteroatoms. The van der Waals surface area contributed by atoms with Gasteiger partial charge in [0.05, 0.1) is 11.5 Å². The molecule has 0 aliphatic carbocycles. The molecular weight excluding hydrogens is 244 g/mol. The summed E-state index contributed by atoms with van der Waals surface area (Å²) in [5.41, 5.74) is 1.48. The molecule has 5 nitrogen and oxygen atoms in total. The first-order valence-corrected chi connectivity index (χ1v) is 6.53. The number of carboxylic acids is 1. The Hall–Kier alpha value is -2.04. The minimum atomic E-state index is -0.809. The van der Waals surface area contributed by atoms with Gasteiger partial charge in [-0.15, -0.1) is 0 Å². The second-order valence-electron chi connectivity index (χ2n) is 5.15. The Balaban J connectivity index is 1.92. The average Bonchev–Trinajstić information content (AvgIpc) is 2.57. The lowest BCUT2D eigenvalue weighted by molar-refractivity contribution is -0.143. The van der Waals surface area contributed by atoms with Crippen molar-refractivity contribution in [2.45, 2.75) is 18.9 Å². The third kappa shape index (κ3) is 2.05. The highest BCUT2D eigenvalue weighted by molar-refractivity contribution is 6.00. The lowest BCUT2D eigenvalue weighted by Crippen LogP contribution is -2.49. The molecule has 1 aromatic carbocycles. The fraction of sp³-hybridized carbons (Fsp3) is 0.429. The first-order valence-electron chi connectivity index (χ1n) is 6.53. The number of aliphatic carboxylic acids is 1. The summed E-state index contributed by atoms with van der Waals surface area (Å²) in [4.78, 5) is 25.4. The molecule has 1 aromatic rings. The predicted molar refractivity (Wildman–Crippen MR) is 70.1 cm³/mol. The van der Waals surface area contributed by atoms with Gasteiger partial charge in [0.25, 0.3) is 5.91 Å². The van der Waals surface area contributed by atoms with E-state index >= 15 is 0 Å². The van der Waals surface area contributed by atoms with Crippen LogP contribution < -0.4 is 5.32 Å². The molecule has 2 aliphatic heterocycles. The van der Waals surface area contributed by atoms with E-state index in [1.807, 2.05) is 18.2 Å². The van der Waals surface area contributed by atoms with Crippen LogP contribution in [0.3, 0.4) is 0 Å². The monoisotopic (exact) mass is 260 g/mol. The van der Waals surface area contributed by atoms with Crippen LogP contribution in [0.1, 0.15) is 23.2 Å². The Labute approximate surface area is 111 Å². The van der Waals surface area contributed by atoms with Crippen molar-refractivity contribution >= 4 is 17.6 Å². The lowest BCUT2D eigenvalue weighted by atomic mass is 9.92. The zero-order chi connectivity index (χ0) is 13.4. The summed E-state index contributed by atoms with van der Waals surface area (Å²) < 4.78 is 0. The number of carboxylic acid groups (broad SMARTS) is 1. The Morgan fingerprint density at radius 1 is 1.32 bits per heavy atom. The van der Waals surface area contributed by atoms with Gasteiger partial charge in [0.1, 0.15) is 0 Å². The fourth-order valence-electron chi connectivity index (χ4n) is 2.90. The van der Waals surface area contributed by atoms with Crippen LogP contribution in [0.2, 0.25) is 0 Å². The molecule has 0 aromatic heterocycles. The van der Waals surface area contributed by atoms with Crippen LogP contribution in [-0.2, 0) is 4.79 Å². The number of amides is 1. The number of para-hydroxylation sites is 1. The third-order valence-corrected chi connectivity index (χ3v) is 4.00. The van der Waals surface area contributed by atoms with Crippen molar-refractivity contribution < 1.29 is 14.7 Å². The normalized spacial score (nSPS) is 25.9. The highest BCUT2D eigenvalue weighted by Gasteiger charge is 2.37. The Morgan fingerprint density at radius 3 is 2.89 bits per heavy atom. The van der Waals surface area contributed by atoms with Crippen molar-refractivity contribution in [3.63, 3.8) is 0 Å². The Bertz CT molecular complexity index is 529. The molecule has 0 bridgehead atoms. The molecule has 1 fully saturated rings. The van der Waals surface area contributed by atoms with Crippen LogP contribution in [0.4, 0.5) is 5.69 Å². The molecule has 0 saturated carbocycles. The van der Waals surface area contributed by atoms with Crippen LogP contribution >= 0.6 is 0 Å². The summed E-state index contributed by atoms with van der Waals surface area (Å²) >= 11 is 0. The molecule has 2 N–H and O–H groups in total. The zero-order valence-corrected chi connectivity index (χ0v) is 10.5. The van der Waals surface area contributed by atoms with Crippen molar-refractivity contribution in [3.8, 4) is 0 Å². The van der Waals surface area contributed by atoms with E-state index < -0.39 is 11.9 Å². The van der Waals surface area contributed by atoms with Crippen molar-refractivity contribution in [1.82, 2.24) is 4.90 Å². The van der Waals surface area contributed by atoms with E-state index in [0.717, 1.165) is 12.1 Å². The summed E-state index contributed by atoms with van der Waals surface area (Å²) in [5, 5.41) is 12.4. The van der Waals surface area contributed by atoms with Crippen molar-refractivity contribution in [2.75, 3.05) is 18.4 Å². The number of benzene rings is 1. The number of rotatable bonds is 1. The molecule has 2 aliphatic rings. The van der Waals surface area contributed by atoms with Gasteiger partial charge >= 0.3 is 5.97 Å². The maximum absolute atomic E-state index is 12.5. The highest BCUT2D eigenvalue weighted by Crippen LogP contribution is 2.29. The molecule has 1 saturated heterocycles. The molecular formula is C14H16N2O3. The van der Waals surface area contributed by atoms with Gasteiger partial charge in [0, 0.05) is 24.8 Å². The van der Waals surface area contributed by atoms with Gasteiger partial charge in [0.15, 0.2) is 0 Å². The fourth-order valence-corrected chi connectivity index (χ4v) is 2.90. The number of nitrogens with zero attached hydrogens (tertiary/aromatic N) is 1. The zero-order valence-electron chi connectivity index (χ0n) is 10.5. The van der Waals surface area contributed by atoms with Gasteiger partial charge in [-0.05, 0) is 25.0 Å². The van der Waals surface area contributed by atoms with E-state index in [9.17, 15) is 9.59 Å². The van der Waals surface area contributed by atoms with Crippen LogP contribution in [0.15, 0.2) is 24.3 Å². The molecule has 0 radical (unpaired) electrons. The van der Waals surface area contributed by atoms with Crippen LogP contribution in [0.25, 0.3) is 0 Å². The summed E-state index contributed by atoms with van der Waals surface area (Å²) in [6.07, 6.45) is 1.38. The van der Waals surface area contributed by atoms with Gasteiger partial charge in [0.2, 0.25) is 0 Å². The number of nitrogens with one attached hydrogen (secondary N) is 1. The SMILES string of the molecule is O=C(O)C1CCC2CNc3ccccc3C(=O)N2C1. The number of piperidine rings is 1. The maximum Gasteiger partial charge on any atom is 0.308 e. The van der Waals surface area contributed by atoms with Gasteiger partial charge in [-0.2, -0.15) is 0 Å². The first kappa shape index (κ1) is 12.0. The maximum atomic E-state index is 12.5. The van der Waals surface area contributed by atoms with Crippen molar-refractivity contribution in [1.29, 1.82) is 0 Å². The van der Waals surface area contributed by atoms with Crippen LogP contribution in [0.5, 0.6) is 0 Å². The summed E-state index contributed by atoms with van der Waals surface area (Å²) in [6, 6.07) is 7.49. The molecule has 2 heterocycles. The summed E-state index contributed by atoms with van der Waals surface area (Å²) in [6.45, 7) is 1.00. The minimum Gasteiger partial charge on any atom is -0.481 e. The largest absolute Gasteiger partial charge is 0.481 e. The summed E-state index contributed by atoms with van der Waals surface area (Å²) in [5.74, 6) is -1.31. The van der Waals surface area contributed by atoms with Crippen LogP contribution in [-0.4, -0.2) is 41.0 Å². The van der Waals surface area contributed by atoms with E-state index in [4.69, 9.17) is 5.11 Å². The minimum absolute atomic E-state index is 0.0587. The molecule has 2 atom stereocenters. The molecule has 19 heavy (non-hydrogen) atoms. The Morgan fingerprint density at radius 2 is 2.11 bits per heavy atom. The smallest absolute Gasteiger partial charge is 0.308 e. The predicted octanol–water partition coefficient (Wildman–Crippen LogP) is 1.42. The number of anilines is 1. The molecule has 100 valence electrons. The van der Waals surface area contributed by atoms with Gasteiger partial charge in [-0.25, -0.2) is 0 Å². The first-order chi connectivity index (χ1) is 9.16. The van der Waals surface area contributed by atoms with E-state index in [1.54, 1.807) is 11.0 Å². The van der Waals surface area contributed by atoms with E-state index in [-0.39, 0.29) is 11.9 Å². The summed E-state index contributed by atoms with van der Waals surface area (Å²) in [7, 11) is 0. The van der Waals surface area contributed by atoms with E-state index in [2.05, 4.69) is 5.32 Å². The van der Waals surface area contributed by atoms with E-state index in [0.29, 0.717) is 25.1 Å². The number of carbonyl (C=O) groups excluding carboxylic acids is 1. The Kier molecular flexibility index (Phi) is 2.89. The second kappa shape index (κ2) is 4.57. The van der Waals surface area contributed by atoms with Crippen LogP contribution in [0, 0.1) is 5.92 Å². The quantitative estimate of drug-likeness (QED) is 0.801. The van der Waals surface area contributed by atoms with E-state index in [1.165, 1.54) is 0 Å². The number of hydrogen-bond donors (Lipinski definition) is 2. The third-order valence-electron chi connectivity index (χ3n) is 4.00. The average molecular weight is 260 g/mol. The van der Waals surface area contributed by atoms with Crippen molar-refractivity contribution in [2.24, 2.45) is 5.92 Å². The molecule has 3 rings (SSSR count). The topological polar surface area (TPSA) is 69.6 Å². The van der Waals surface area contributed by atoms with Crippen molar-refractivity contribution in [3.05, 3.63) is 29.8 Å². The molecule has 2 unspecified atom stereocenters. The highest BCUT2D eigenvalue weighted by atomic mass is 16.4. The second-order valence-corrected chi connectivity index (χ2v) is 5.15. The van der Waals surface area contributed by atoms with Gasteiger partial charge < -0.3 is 15.3 Å². The number of carbonyl (C=O) groups is 2. The van der Waals surface area contributed by atoms with Gasteiger partial charge in [-0.3, -0.25) is 9.59 Å². The standard InChI is InChI=1S/C14H16N2O3/c17-13-11-3-1-2-4-12(11)15-7-10-6-5-9(14(18)19)8-16(10)13/h1-4,9-10,15H,5-8H2,(H,18,19). The lowest BCUT2D eigenvalue weighted by Gasteiger charge is -2.37. The number of hydrogen-bond acceptors (Lipinski definition) is 3. The van der Waals surface area contributed by atoms with Gasteiger partial charge in [-0.1, -0.05) is 12.1 Å².